The summed E-state index contributed by atoms with van der Waals surface area (Å²) in [6.45, 7) is 4.00. The molecule has 5 N–H and O–H groups in total. The molecule has 0 aliphatic heterocycles. The molecule has 0 heterocycles. The van der Waals surface area contributed by atoms with Crippen molar-refractivity contribution in [3.8, 4) is 0 Å². The van der Waals surface area contributed by atoms with Crippen LogP contribution < -0.4 is 5.32 Å². The van der Waals surface area contributed by atoms with E-state index in [1.165, 1.54) is 128 Å². The van der Waals surface area contributed by atoms with Gasteiger partial charge in [0.2, 0.25) is 5.91 Å². The van der Waals surface area contributed by atoms with Crippen LogP contribution in [0.4, 0.5) is 0 Å². The summed E-state index contributed by atoms with van der Waals surface area (Å²) in [7, 11) is 0. The lowest BCUT2D eigenvalue weighted by atomic mass is 9.99. The topological polar surface area (TPSA) is 110 Å². The Labute approximate surface area is 260 Å². The average Bonchev–Trinajstić information content (AvgIpc) is 2.99. The molecular weight excluding hydrogens is 526 g/mol. The van der Waals surface area contributed by atoms with Gasteiger partial charge in [0.05, 0.1) is 18.8 Å². The first-order valence-corrected chi connectivity index (χ1v) is 18.4. The van der Waals surface area contributed by atoms with Gasteiger partial charge in [-0.05, 0) is 12.8 Å². The van der Waals surface area contributed by atoms with E-state index in [4.69, 9.17) is 0 Å². The van der Waals surface area contributed by atoms with Crippen molar-refractivity contribution >= 4 is 5.91 Å². The standard InChI is InChI=1S/C36H73NO5/c1-3-5-7-9-11-13-14-15-16-17-18-19-20-21-22-24-26-28-30-34(40)36(42)37-32(31-38)35(41)33(39)29-27-25-23-12-10-8-6-4-2/h32-35,38-41H,3-31H2,1-2H3,(H,37,42). The van der Waals surface area contributed by atoms with Crippen LogP contribution in [0.15, 0.2) is 0 Å². The lowest BCUT2D eigenvalue weighted by Crippen LogP contribution is -2.53. The molecule has 0 aromatic heterocycles. The van der Waals surface area contributed by atoms with Crippen LogP contribution in [0.25, 0.3) is 0 Å². The zero-order valence-corrected chi connectivity index (χ0v) is 28.0. The predicted octanol–water partition coefficient (Wildman–Crippen LogP) is 8.51. The van der Waals surface area contributed by atoms with E-state index in [2.05, 4.69) is 19.2 Å². The van der Waals surface area contributed by atoms with E-state index >= 15 is 0 Å². The molecule has 0 spiro atoms. The summed E-state index contributed by atoms with van der Waals surface area (Å²) in [6, 6.07) is -0.975. The summed E-state index contributed by atoms with van der Waals surface area (Å²) in [6.07, 6.45) is 29.9. The summed E-state index contributed by atoms with van der Waals surface area (Å²) in [4.78, 5) is 12.4. The predicted molar refractivity (Wildman–Crippen MR) is 178 cm³/mol. The summed E-state index contributed by atoms with van der Waals surface area (Å²) in [5.41, 5.74) is 0. The number of unbranched alkanes of at least 4 members (excludes halogenated alkanes) is 24. The average molecular weight is 600 g/mol. The van der Waals surface area contributed by atoms with Gasteiger partial charge in [-0.1, -0.05) is 181 Å². The monoisotopic (exact) mass is 600 g/mol. The summed E-state index contributed by atoms with van der Waals surface area (Å²) < 4.78 is 0. The molecule has 42 heavy (non-hydrogen) atoms. The van der Waals surface area contributed by atoms with E-state index in [-0.39, 0.29) is 0 Å². The molecule has 0 saturated carbocycles. The summed E-state index contributed by atoms with van der Waals surface area (Å²) in [5, 5.41) is 43.2. The zero-order valence-electron chi connectivity index (χ0n) is 28.0. The van der Waals surface area contributed by atoms with Crippen molar-refractivity contribution in [1.82, 2.24) is 5.32 Å². The highest BCUT2D eigenvalue weighted by molar-refractivity contribution is 5.80. The minimum Gasteiger partial charge on any atom is -0.394 e. The molecule has 4 atom stereocenters. The third-order valence-electron chi connectivity index (χ3n) is 8.82. The SMILES string of the molecule is CCCCCCCCCCCCCCCCCCCCC(O)C(=O)NC(CO)C(O)C(O)CCCCCCCCCC. The van der Waals surface area contributed by atoms with Crippen molar-refractivity contribution in [2.75, 3.05) is 6.61 Å². The quantitative estimate of drug-likeness (QED) is 0.0486. The highest BCUT2D eigenvalue weighted by Gasteiger charge is 2.28. The van der Waals surface area contributed by atoms with Crippen molar-refractivity contribution in [2.45, 2.75) is 218 Å². The van der Waals surface area contributed by atoms with Crippen LogP contribution in [0.2, 0.25) is 0 Å². The maximum Gasteiger partial charge on any atom is 0.249 e. The number of carbonyl (C=O) groups is 1. The lowest BCUT2D eigenvalue weighted by molar-refractivity contribution is -0.132. The fourth-order valence-electron chi connectivity index (χ4n) is 5.81. The maximum atomic E-state index is 12.4. The van der Waals surface area contributed by atoms with Crippen LogP contribution in [-0.4, -0.2) is 57.3 Å². The molecule has 0 fully saturated rings. The summed E-state index contributed by atoms with van der Waals surface area (Å²) >= 11 is 0. The van der Waals surface area contributed by atoms with Gasteiger partial charge in [-0.2, -0.15) is 0 Å². The number of nitrogens with one attached hydrogen (secondary N) is 1. The zero-order chi connectivity index (χ0) is 31.1. The van der Waals surface area contributed by atoms with Crippen molar-refractivity contribution in [3.63, 3.8) is 0 Å². The Bertz CT molecular complexity index is 561. The smallest absolute Gasteiger partial charge is 0.249 e. The number of hydrogen-bond donors (Lipinski definition) is 5. The van der Waals surface area contributed by atoms with Gasteiger partial charge in [0, 0.05) is 0 Å². The van der Waals surface area contributed by atoms with Crippen LogP contribution in [0.3, 0.4) is 0 Å². The van der Waals surface area contributed by atoms with Crippen LogP contribution in [0, 0.1) is 0 Å². The van der Waals surface area contributed by atoms with E-state index in [1.807, 2.05) is 0 Å². The molecule has 0 saturated heterocycles. The molecule has 1 amide bonds. The van der Waals surface area contributed by atoms with Gasteiger partial charge in [-0.25, -0.2) is 0 Å². The minimum atomic E-state index is -1.25. The molecule has 0 aromatic rings. The molecule has 0 aliphatic rings. The minimum absolute atomic E-state index is 0.375. The normalized spacial score (nSPS) is 14.5. The number of amides is 1. The first-order valence-electron chi connectivity index (χ1n) is 18.4. The molecule has 252 valence electrons. The van der Waals surface area contributed by atoms with Gasteiger partial charge in [0.1, 0.15) is 12.2 Å². The number of aliphatic hydroxyl groups excluding tert-OH is 4. The third kappa shape index (κ3) is 25.8. The highest BCUT2D eigenvalue weighted by atomic mass is 16.3. The Morgan fingerprint density at radius 3 is 1.14 bits per heavy atom. The largest absolute Gasteiger partial charge is 0.394 e. The number of aliphatic hydroxyl groups is 4. The molecule has 6 heteroatoms. The second kappa shape index (κ2) is 31.7. The molecule has 4 unspecified atom stereocenters. The Morgan fingerprint density at radius 2 is 0.810 bits per heavy atom. The van der Waals surface area contributed by atoms with Gasteiger partial charge in [-0.15, -0.1) is 0 Å². The van der Waals surface area contributed by atoms with Gasteiger partial charge in [-0.3, -0.25) is 4.79 Å². The van der Waals surface area contributed by atoms with E-state index in [9.17, 15) is 25.2 Å². The molecule has 0 bridgehead atoms. The fraction of sp³-hybridized carbons (Fsp3) is 0.972. The van der Waals surface area contributed by atoms with Crippen molar-refractivity contribution < 1.29 is 25.2 Å². The fourth-order valence-corrected chi connectivity index (χ4v) is 5.81. The number of carbonyl (C=O) groups excluding carboxylic acids is 1. The van der Waals surface area contributed by atoms with Gasteiger partial charge >= 0.3 is 0 Å². The molecule has 0 aliphatic carbocycles. The second-order valence-electron chi connectivity index (χ2n) is 12.9. The van der Waals surface area contributed by atoms with Crippen molar-refractivity contribution in [2.24, 2.45) is 0 Å². The van der Waals surface area contributed by atoms with Crippen molar-refractivity contribution in [3.05, 3.63) is 0 Å². The van der Waals surface area contributed by atoms with E-state index < -0.39 is 36.9 Å². The second-order valence-corrected chi connectivity index (χ2v) is 12.9. The highest BCUT2D eigenvalue weighted by Crippen LogP contribution is 2.16. The van der Waals surface area contributed by atoms with Gasteiger partial charge in [0.25, 0.3) is 0 Å². The maximum absolute atomic E-state index is 12.4. The van der Waals surface area contributed by atoms with Gasteiger partial charge < -0.3 is 25.7 Å². The Kier molecular flexibility index (Phi) is 31.2. The molecule has 0 aromatic carbocycles. The lowest BCUT2D eigenvalue weighted by Gasteiger charge is -2.27. The summed E-state index contributed by atoms with van der Waals surface area (Å²) in [5.74, 6) is -0.584. The first kappa shape index (κ1) is 41.3. The Hall–Kier alpha value is -0.690. The van der Waals surface area contributed by atoms with Crippen LogP contribution >= 0.6 is 0 Å². The van der Waals surface area contributed by atoms with E-state index in [0.717, 1.165) is 38.5 Å². The third-order valence-corrected chi connectivity index (χ3v) is 8.82. The van der Waals surface area contributed by atoms with E-state index in [0.29, 0.717) is 12.8 Å². The van der Waals surface area contributed by atoms with E-state index in [1.54, 1.807) is 0 Å². The molecule has 6 nitrogen and oxygen atoms in total. The Balaban J connectivity index is 3.72. The van der Waals surface area contributed by atoms with Crippen LogP contribution in [0.1, 0.15) is 194 Å². The number of rotatable bonds is 33. The molecule has 0 radical (unpaired) electrons. The first-order chi connectivity index (χ1) is 20.5. The molecular formula is C36H73NO5. The molecule has 0 rings (SSSR count). The Morgan fingerprint density at radius 1 is 0.500 bits per heavy atom. The number of hydrogen-bond acceptors (Lipinski definition) is 5. The van der Waals surface area contributed by atoms with Crippen LogP contribution in [0.5, 0.6) is 0 Å². The van der Waals surface area contributed by atoms with Crippen LogP contribution in [-0.2, 0) is 4.79 Å². The van der Waals surface area contributed by atoms with Gasteiger partial charge in [0.15, 0.2) is 0 Å². The van der Waals surface area contributed by atoms with Crippen molar-refractivity contribution in [1.29, 1.82) is 0 Å².